The second-order valence-corrected chi connectivity index (χ2v) is 13.3. The van der Waals surface area contributed by atoms with E-state index in [-0.39, 0.29) is 23.8 Å². The molecule has 0 bridgehead atoms. The highest BCUT2D eigenvalue weighted by Crippen LogP contribution is 2.47. The number of hydrogen-bond acceptors (Lipinski definition) is 6. The van der Waals surface area contributed by atoms with E-state index in [0.29, 0.717) is 12.4 Å². The van der Waals surface area contributed by atoms with Crippen LogP contribution in [0.5, 0.6) is 11.5 Å². The van der Waals surface area contributed by atoms with Crippen LogP contribution in [0, 0.1) is 19.8 Å². The molecule has 1 aromatic rings. The molecule has 42 heavy (non-hydrogen) atoms. The number of rotatable bonds is 17. The fourth-order valence-corrected chi connectivity index (χ4v) is 7.01. The third kappa shape index (κ3) is 8.51. The van der Waals surface area contributed by atoms with Gasteiger partial charge in [0.15, 0.2) is 0 Å². The van der Waals surface area contributed by atoms with Crippen LogP contribution in [0.2, 0.25) is 0 Å². The number of esters is 1. The average molecular weight is 584 g/mol. The van der Waals surface area contributed by atoms with Crippen molar-refractivity contribution < 1.29 is 23.8 Å². The molecule has 0 saturated carbocycles. The second-order valence-electron chi connectivity index (χ2n) is 13.3. The number of unbranched alkanes of at least 4 members (excludes halogenated alkanes) is 13. The van der Waals surface area contributed by atoms with Crippen LogP contribution >= 0.6 is 0 Å². The van der Waals surface area contributed by atoms with Crippen molar-refractivity contribution in [1.82, 2.24) is 0 Å². The molecule has 3 aliphatic rings. The van der Waals surface area contributed by atoms with Crippen molar-refractivity contribution >= 4 is 11.7 Å². The van der Waals surface area contributed by atoms with Gasteiger partial charge in [0, 0.05) is 18.1 Å². The zero-order chi connectivity index (χ0) is 30.0. The van der Waals surface area contributed by atoms with Crippen molar-refractivity contribution in [3.8, 4) is 11.5 Å². The lowest BCUT2D eigenvalue weighted by Gasteiger charge is -2.39. The van der Waals surface area contributed by atoms with Crippen LogP contribution in [-0.4, -0.2) is 30.2 Å². The summed E-state index contributed by atoms with van der Waals surface area (Å²) in [6.45, 7) is 10.8. The molecular formula is C36H57NO5. The normalized spacial score (nSPS) is 23.0. The van der Waals surface area contributed by atoms with Gasteiger partial charge in [-0.3, -0.25) is 4.79 Å². The molecule has 6 heteroatoms. The summed E-state index contributed by atoms with van der Waals surface area (Å²) < 4.78 is 18.6. The molecule has 0 amide bonds. The monoisotopic (exact) mass is 583 g/mol. The minimum absolute atomic E-state index is 0.0446. The molecule has 0 radical (unpaired) electrons. The van der Waals surface area contributed by atoms with Crippen LogP contribution in [0.4, 0.5) is 0 Å². The number of benzene rings is 1. The Morgan fingerprint density at radius 2 is 1.55 bits per heavy atom. The van der Waals surface area contributed by atoms with Crippen molar-refractivity contribution in [1.29, 1.82) is 0 Å². The predicted octanol–water partition coefficient (Wildman–Crippen LogP) is 9.67. The van der Waals surface area contributed by atoms with E-state index in [0.717, 1.165) is 65.8 Å². The van der Waals surface area contributed by atoms with E-state index in [2.05, 4.69) is 25.9 Å². The first-order chi connectivity index (χ1) is 20.3. The van der Waals surface area contributed by atoms with E-state index < -0.39 is 0 Å². The van der Waals surface area contributed by atoms with Crippen molar-refractivity contribution in [2.24, 2.45) is 11.1 Å². The Morgan fingerprint density at radius 1 is 0.929 bits per heavy atom. The van der Waals surface area contributed by atoms with Crippen LogP contribution in [0.25, 0.3) is 0 Å². The topological polar surface area (TPSA) is 66.4 Å². The van der Waals surface area contributed by atoms with Crippen LogP contribution in [0.3, 0.4) is 0 Å². The lowest BCUT2D eigenvalue weighted by atomic mass is 9.80. The zero-order valence-electron chi connectivity index (χ0n) is 27.3. The first-order valence-electron chi connectivity index (χ1n) is 17.2. The van der Waals surface area contributed by atoms with E-state index in [1.807, 2.05) is 6.92 Å². The van der Waals surface area contributed by atoms with E-state index in [1.54, 1.807) is 0 Å². The molecule has 3 heterocycles. The third-order valence-electron chi connectivity index (χ3n) is 9.74. The van der Waals surface area contributed by atoms with Gasteiger partial charge in [-0.15, -0.1) is 0 Å². The molecule has 1 aromatic carbocycles. The zero-order valence-corrected chi connectivity index (χ0v) is 27.3. The molecule has 0 spiro atoms. The molecule has 3 aliphatic heterocycles. The molecule has 6 nitrogen and oxygen atoms in total. The smallest absolute Gasteiger partial charge is 0.308 e. The van der Waals surface area contributed by atoms with Crippen molar-refractivity contribution in [2.45, 2.75) is 169 Å². The van der Waals surface area contributed by atoms with Crippen LogP contribution in [-0.2, 0) is 20.8 Å². The van der Waals surface area contributed by atoms with Gasteiger partial charge < -0.3 is 19.0 Å². The molecule has 1 unspecified atom stereocenters. The van der Waals surface area contributed by atoms with Crippen molar-refractivity contribution in [3.05, 3.63) is 22.3 Å². The van der Waals surface area contributed by atoms with Gasteiger partial charge in [0.25, 0.3) is 0 Å². The minimum Gasteiger partial charge on any atom is -0.487 e. The Balaban J connectivity index is 1.29. The van der Waals surface area contributed by atoms with Gasteiger partial charge >= 0.3 is 5.97 Å². The number of ether oxygens (including phenoxy) is 3. The molecular weight excluding hydrogens is 526 g/mol. The van der Waals surface area contributed by atoms with Crippen molar-refractivity contribution in [2.75, 3.05) is 6.61 Å². The molecule has 0 aromatic heterocycles. The Bertz CT molecular complexity index is 1070. The fraction of sp³-hybridized carbons (Fsp3) is 0.778. The molecule has 1 saturated heterocycles. The first kappa shape index (κ1) is 32.8. The van der Waals surface area contributed by atoms with Crippen LogP contribution in [0.15, 0.2) is 5.16 Å². The Labute approximate surface area is 255 Å². The Kier molecular flexibility index (Phi) is 12.6. The summed E-state index contributed by atoms with van der Waals surface area (Å²) in [6, 6.07) is 0. The summed E-state index contributed by atoms with van der Waals surface area (Å²) in [5.41, 5.74) is 4.62. The molecule has 236 valence electrons. The Hall–Kier alpha value is -2.08. The van der Waals surface area contributed by atoms with E-state index in [9.17, 15) is 4.79 Å². The highest BCUT2D eigenvalue weighted by atomic mass is 16.8. The first-order valence-corrected chi connectivity index (χ1v) is 17.2. The summed E-state index contributed by atoms with van der Waals surface area (Å²) in [7, 11) is 0. The van der Waals surface area contributed by atoms with E-state index in [4.69, 9.17) is 19.0 Å². The van der Waals surface area contributed by atoms with Gasteiger partial charge in [-0.2, -0.15) is 0 Å². The molecule has 4 rings (SSSR count). The van der Waals surface area contributed by atoms with Gasteiger partial charge in [-0.05, 0) is 70.4 Å². The summed E-state index contributed by atoms with van der Waals surface area (Å²) in [4.78, 5) is 17.9. The van der Waals surface area contributed by atoms with Gasteiger partial charge in [-0.1, -0.05) is 95.6 Å². The molecule has 3 atom stereocenters. The Morgan fingerprint density at radius 3 is 2.17 bits per heavy atom. The second kappa shape index (κ2) is 16.1. The minimum atomic E-state index is -0.355. The van der Waals surface area contributed by atoms with Gasteiger partial charge in [0.2, 0.25) is 6.29 Å². The van der Waals surface area contributed by atoms with E-state index in [1.165, 1.54) is 96.8 Å². The van der Waals surface area contributed by atoms with Gasteiger partial charge in [0.1, 0.15) is 22.8 Å². The highest BCUT2D eigenvalue weighted by Gasteiger charge is 2.43. The SMILES string of the molecule is CCCCCCCCCCCCCCCCC1(C)CCc2c(c(C)c(C)c(OC(C)=O)c2C2=NO[C@H]3OCCC[C@@H]23)O1. The van der Waals surface area contributed by atoms with Crippen molar-refractivity contribution in [3.63, 3.8) is 0 Å². The quantitative estimate of drug-likeness (QED) is 0.104. The largest absolute Gasteiger partial charge is 0.487 e. The van der Waals surface area contributed by atoms with Crippen LogP contribution in [0.1, 0.15) is 159 Å². The maximum atomic E-state index is 12.2. The molecule has 1 fully saturated rings. The summed E-state index contributed by atoms with van der Waals surface area (Å²) in [6.07, 6.45) is 23.6. The lowest BCUT2D eigenvalue weighted by molar-refractivity contribution is -0.162. The molecule has 0 aliphatic carbocycles. The van der Waals surface area contributed by atoms with Gasteiger partial charge in [-0.25, -0.2) is 0 Å². The maximum absolute atomic E-state index is 12.2. The lowest BCUT2D eigenvalue weighted by Crippen LogP contribution is -2.38. The fourth-order valence-electron chi connectivity index (χ4n) is 7.01. The number of carbonyl (C=O) groups is 1. The number of fused-ring (bicyclic) bond motifs is 2. The molecule has 0 N–H and O–H groups in total. The number of hydrogen-bond donors (Lipinski definition) is 0. The van der Waals surface area contributed by atoms with E-state index >= 15 is 0 Å². The number of carbonyl (C=O) groups excluding carboxylic acids is 1. The van der Waals surface area contributed by atoms with Crippen LogP contribution < -0.4 is 9.47 Å². The number of oxime groups is 1. The summed E-state index contributed by atoms with van der Waals surface area (Å²) >= 11 is 0. The van der Waals surface area contributed by atoms with Gasteiger partial charge in [0.05, 0.1) is 12.5 Å². The highest BCUT2D eigenvalue weighted by molar-refractivity contribution is 6.08. The predicted molar refractivity (Wildman–Crippen MR) is 170 cm³/mol. The number of nitrogens with zero attached hydrogens (tertiary/aromatic N) is 1. The summed E-state index contributed by atoms with van der Waals surface area (Å²) in [5.74, 6) is 1.27. The maximum Gasteiger partial charge on any atom is 0.308 e. The standard InChI is InChI=1S/C36H57NO5/c1-6-7-8-9-10-11-12-13-14-15-16-17-18-19-23-36(5)24-22-29-31(32-30-21-20-25-39-35(30)42-37-32)34(40-28(4)38)27(3)26(2)33(29)41-36/h30,35H,6-25H2,1-5H3/t30-,35+,36?/m0/s1. The third-order valence-corrected chi connectivity index (χ3v) is 9.74. The summed E-state index contributed by atoms with van der Waals surface area (Å²) in [5, 5.41) is 4.50. The average Bonchev–Trinajstić information content (AvgIpc) is 3.40.